The van der Waals surface area contributed by atoms with E-state index in [2.05, 4.69) is 12.2 Å². The molecule has 0 aliphatic carbocycles. The number of rotatable bonds is 13. The van der Waals surface area contributed by atoms with Gasteiger partial charge in [-0.05, 0) is 47.4 Å². The number of benzene rings is 3. The van der Waals surface area contributed by atoms with Crippen LogP contribution in [0.1, 0.15) is 36.5 Å². The van der Waals surface area contributed by atoms with Gasteiger partial charge >= 0.3 is 0 Å². The summed E-state index contributed by atoms with van der Waals surface area (Å²) >= 11 is 26.3. The van der Waals surface area contributed by atoms with Crippen LogP contribution in [0.3, 0.4) is 0 Å². The molecule has 3 aromatic rings. The lowest BCUT2D eigenvalue weighted by Crippen LogP contribution is -2.51. The molecular weight excluding hydrogens is 582 g/mol. The summed E-state index contributed by atoms with van der Waals surface area (Å²) in [5, 5.41) is 5.08. The topological polar surface area (TPSA) is 49.4 Å². The average molecular weight is 612 g/mol. The Morgan fingerprint density at radius 2 is 1.53 bits per heavy atom. The molecule has 0 spiro atoms. The first kappa shape index (κ1) is 30.6. The van der Waals surface area contributed by atoms with E-state index in [-0.39, 0.29) is 24.1 Å². The summed E-state index contributed by atoms with van der Waals surface area (Å²) in [5.74, 6) is 0.338. The van der Waals surface area contributed by atoms with Crippen molar-refractivity contribution in [1.29, 1.82) is 0 Å². The number of thioether (sulfide) groups is 1. The highest BCUT2D eigenvalue weighted by Crippen LogP contribution is 2.27. The molecule has 2 amide bonds. The molecule has 3 rings (SSSR count). The van der Waals surface area contributed by atoms with Crippen LogP contribution in [0.5, 0.6) is 0 Å². The summed E-state index contributed by atoms with van der Waals surface area (Å²) < 4.78 is 0. The zero-order valence-electron chi connectivity index (χ0n) is 21.1. The number of unbranched alkanes of at least 4 members (excludes halogenated alkanes) is 1. The highest BCUT2D eigenvalue weighted by atomic mass is 35.5. The maximum absolute atomic E-state index is 13.7. The summed E-state index contributed by atoms with van der Waals surface area (Å²) in [4.78, 5) is 28.8. The first-order chi connectivity index (χ1) is 18.3. The maximum Gasteiger partial charge on any atom is 0.243 e. The van der Waals surface area contributed by atoms with Crippen molar-refractivity contribution in [3.05, 3.63) is 104 Å². The lowest BCUT2D eigenvalue weighted by Gasteiger charge is -2.32. The highest BCUT2D eigenvalue weighted by Gasteiger charge is 2.30. The van der Waals surface area contributed by atoms with Crippen LogP contribution in [0.2, 0.25) is 20.1 Å². The van der Waals surface area contributed by atoms with Crippen molar-refractivity contribution in [2.75, 3.05) is 12.3 Å². The molecule has 0 aliphatic rings. The van der Waals surface area contributed by atoms with Gasteiger partial charge in [-0.3, -0.25) is 9.59 Å². The van der Waals surface area contributed by atoms with Gasteiger partial charge in [0.05, 0.1) is 5.75 Å². The van der Waals surface area contributed by atoms with Gasteiger partial charge in [-0.25, -0.2) is 0 Å². The molecule has 1 N–H and O–H groups in total. The second-order valence-corrected chi connectivity index (χ2v) is 11.5. The fraction of sp³-hybridized carbons (Fsp3) is 0.310. The lowest BCUT2D eigenvalue weighted by atomic mass is 10.0. The Morgan fingerprint density at radius 1 is 0.895 bits per heavy atom. The number of nitrogens with zero attached hydrogens (tertiary/aromatic N) is 1. The minimum absolute atomic E-state index is 0.164. The van der Waals surface area contributed by atoms with Crippen LogP contribution in [0.4, 0.5) is 0 Å². The van der Waals surface area contributed by atoms with Gasteiger partial charge in [-0.15, -0.1) is 11.8 Å². The Hall–Kier alpha value is -1.89. The summed E-state index contributed by atoms with van der Waals surface area (Å²) in [6.45, 7) is 2.79. The van der Waals surface area contributed by atoms with Crippen molar-refractivity contribution in [2.45, 2.75) is 44.5 Å². The van der Waals surface area contributed by atoms with Gasteiger partial charge in [0, 0.05) is 45.4 Å². The first-order valence-corrected chi connectivity index (χ1v) is 15.0. The van der Waals surface area contributed by atoms with E-state index in [9.17, 15) is 9.59 Å². The van der Waals surface area contributed by atoms with Crippen LogP contribution < -0.4 is 5.32 Å². The Kier molecular flexibility index (Phi) is 12.6. The predicted molar refractivity (Wildman–Crippen MR) is 161 cm³/mol. The largest absolute Gasteiger partial charge is 0.354 e. The molecule has 0 saturated carbocycles. The molecule has 0 radical (unpaired) electrons. The molecule has 0 saturated heterocycles. The van der Waals surface area contributed by atoms with Gasteiger partial charge in [-0.2, -0.15) is 0 Å². The SMILES string of the molecule is CCCCNC(=O)C(Cc1ccccc1)N(Cc1ccc(Cl)cc1Cl)C(=O)CSCc1ccc(Cl)cc1Cl. The van der Waals surface area contributed by atoms with Crippen molar-refractivity contribution in [3.8, 4) is 0 Å². The normalized spacial score (nSPS) is 11.7. The molecule has 38 heavy (non-hydrogen) atoms. The third kappa shape index (κ3) is 9.39. The molecule has 1 unspecified atom stereocenters. The quantitative estimate of drug-likeness (QED) is 0.199. The molecule has 0 aliphatic heterocycles. The Labute approximate surface area is 249 Å². The van der Waals surface area contributed by atoms with Crippen LogP contribution in [-0.2, 0) is 28.3 Å². The Bertz CT molecular complexity index is 1230. The van der Waals surface area contributed by atoms with E-state index in [0.717, 1.165) is 29.5 Å². The summed E-state index contributed by atoms with van der Waals surface area (Å²) in [6, 6.07) is 19.5. The van der Waals surface area contributed by atoms with Crippen molar-refractivity contribution >= 4 is 70.0 Å². The van der Waals surface area contributed by atoms with Gasteiger partial charge in [0.25, 0.3) is 0 Å². The van der Waals surface area contributed by atoms with Gasteiger partial charge in [0.15, 0.2) is 0 Å². The molecule has 1 atom stereocenters. The maximum atomic E-state index is 13.7. The van der Waals surface area contributed by atoms with Crippen molar-refractivity contribution < 1.29 is 9.59 Å². The average Bonchev–Trinajstić information content (AvgIpc) is 2.89. The number of hydrogen-bond donors (Lipinski definition) is 1. The molecular formula is C29H30Cl4N2O2S. The molecule has 0 bridgehead atoms. The molecule has 9 heteroatoms. The van der Waals surface area contributed by atoms with E-state index >= 15 is 0 Å². The van der Waals surface area contributed by atoms with Crippen LogP contribution in [0.25, 0.3) is 0 Å². The van der Waals surface area contributed by atoms with Gasteiger partial charge < -0.3 is 10.2 Å². The first-order valence-electron chi connectivity index (χ1n) is 12.3. The van der Waals surface area contributed by atoms with Gasteiger partial charge in [0.1, 0.15) is 6.04 Å². The van der Waals surface area contributed by atoms with Crippen molar-refractivity contribution in [2.24, 2.45) is 0 Å². The summed E-state index contributed by atoms with van der Waals surface area (Å²) in [7, 11) is 0. The third-order valence-electron chi connectivity index (χ3n) is 5.95. The minimum Gasteiger partial charge on any atom is -0.354 e. The zero-order valence-corrected chi connectivity index (χ0v) is 24.9. The second-order valence-electron chi connectivity index (χ2n) is 8.84. The van der Waals surface area contributed by atoms with E-state index < -0.39 is 6.04 Å². The standard InChI is InChI=1S/C29H30Cl4N2O2S/c1-2-3-13-34-29(37)27(14-20-7-5-4-6-8-20)35(17-21-9-11-23(30)15-25(21)32)28(36)19-38-18-22-10-12-24(31)16-26(22)33/h4-12,15-16,27H,2-3,13-14,17-19H2,1H3,(H,34,37). The molecule has 202 valence electrons. The van der Waals surface area contributed by atoms with E-state index in [1.807, 2.05) is 36.4 Å². The smallest absolute Gasteiger partial charge is 0.243 e. The van der Waals surface area contributed by atoms with Crippen LogP contribution in [-0.4, -0.2) is 35.1 Å². The highest BCUT2D eigenvalue weighted by molar-refractivity contribution is 7.99. The number of nitrogens with one attached hydrogen (secondary N) is 1. The van der Waals surface area contributed by atoms with E-state index in [0.29, 0.717) is 38.8 Å². The molecule has 0 heterocycles. The Balaban J connectivity index is 1.86. The van der Waals surface area contributed by atoms with E-state index in [1.54, 1.807) is 35.2 Å². The number of carbonyl (C=O) groups excluding carboxylic acids is 2. The number of amides is 2. The Morgan fingerprint density at radius 3 is 2.13 bits per heavy atom. The van der Waals surface area contributed by atoms with Crippen LogP contribution in [0, 0.1) is 0 Å². The van der Waals surface area contributed by atoms with Crippen LogP contribution >= 0.6 is 58.2 Å². The van der Waals surface area contributed by atoms with Crippen LogP contribution in [0.15, 0.2) is 66.7 Å². The number of hydrogen-bond acceptors (Lipinski definition) is 3. The minimum atomic E-state index is -0.715. The van der Waals surface area contributed by atoms with Gasteiger partial charge in [0.2, 0.25) is 11.8 Å². The van der Waals surface area contributed by atoms with Crippen molar-refractivity contribution in [3.63, 3.8) is 0 Å². The monoisotopic (exact) mass is 610 g/mol. The third-order valence-corrected chi connectivity index (χ3v) is 8.09. The zero-order chi connectivity index (χ0) is 27.5. The molecule has 4 nitrogen and oxygen atoms in total. The van der Waals surface area contributed by atoms with Crippen molar-refractivity contribution in [1.82, 2.24) is 10.2 Å². The second kappa shape index (κ2) is 15.6. The molecule has 0 aromatic heterocycles. The molecule has 3 aromatic carbocycles. The summed E-state index contributed by atoms with van der Waals surface area (Å²) in [6.07, 6.45) is 2.19. The number of carbonyl (C=O) groups is 2. The lowest BCUT2D eigenvalue weighted by molar-refractivity contribution is -0.139. The van der Waals surface area contributed by atoms with E-state index in [4.69, 9.17) is 46.4 Å². The van der Waals surface area contributed by atoms with Gasteiger partial charge in [-0.1, -0.05) is 102 Å². The number of halogens is 4. The fourth-order valence-corrected chi connectivity index (χ4v) is 5.80. The predicted octanol–water partition coefficient (Wildman–Crippen LogP) is 8.09. The summed E-state index contributed by atoms with van der Waals surface area (Å²) in [5.41, 5.74) is 2.57. The molecule has 0 fully saturated rings. The van der Waals surface area contributed by atoms with E-state index in [1.165, 1.54) is 11.8 Å². The fourth-order valence-electron chi connectivity index (χ4n) is 3.86.